The summed E-state index contributed by atoms with van der Waals surface area (Å²) in [6.07, 6.45) is 1.84. The highest BCUT2D eigenvalue weighted by atomic mass is 32.2. The summed E-state index contributed by atoms with van der Waals surface area (Å²) in [4.78, 5) is 7.30. The molecule has 3 N–H and O–H groups in total. The molecule has 2 heterocycles. The Bertz CT molecular complexity index is 504. The van der Waals surface area contributed by atoms with Gasteiger partial charge in [0.05, 0.1) is 31.7 Å². The predicted octanol–water partition coefficient (Wildman–Crippen LogP) is -1.56. The minimum atomic E-state index is -3.66. The van der Waals surface area contributed by atoms with Gasteiger partial charge in [-0.05, 0) is 0 Å². The number of aliphatic hydroxyl groups excluding tert-OH is 1. The third-order valence-electron chi connectivity index (χ3n) is 2.59. The van der Waals surface area contributed by atoms with Crippen molar-refractivity contribution in [2.75, 3.05) is 32.0 Å². The van der Waals surface area contributed by atoms with Crippen molar-refractivity contribution in [2.24, 2.45) is 0 Å². The van der Waals surface area contributed by atoms with E-state index in [2.05, 4.69) is 9.97 Å². The standard InChI is InChI=1S/C9H14N4O4S/c10-9-11-3-8(4-12-9)18(15,16)13-1-2-17-7(5-13)6-14/h3-4,7,14H,1-2,5-6H2,(H2,10,11,12). The third kappa shape index (κ3) is 2.58. The van der Waals surface area contributed by atoms with E-state index >= 15 is 0 Å². The molecule has 1 unspecified atom stereocenters. The average Bonchev–Trinajstić information content (AvgIpc) is 2.39. The Morgan fingerprint density at radius 2 is 2.17 bits per heavy atom. The molecule has 0 saturated carbocycles. The van der Waals surface area contributed by atoms with Gasteiger partial charge in [0, 0.05) is 13.1 Å². The lowest BCUT2D eigenvalue weighted by molar-refractivity contribution is -0.0304. The second kappa shape index (κ2) is 5.14. The van der Waals surface area contributed by atoms with E-state index in [0.717, 1.165) is 0 Å². The number of ether oxygens (including phenoxy) is 1. The lowest BCUT2D eigenvalue weighted by Gasteiger charge is -2.30. The van der Waals surface area contributed by atoms with Gasteiger partial charge in [-0.2, -0.15) is 4.31 Å². The number of morpholine rings is 1. The molecule has 0 aromatic carbocycles. The number of nitrogens with two attached hydrogens (primary N) is 1. The number of aliphatic hydroxyl groups is 1. The second-order valence-electron chi connectivity index (χ2n) is 3.82. The Labute approximate surface area is 104 Å². The van der Waals surface area contributed by atoms with Crippen molar-refractivity contribution in [3.63, 3.8) is 0 Å². The van der Waals surface area contributed by atoms with E-state index < -0.39 is 16.1 Å². The van der Waals surface area contributed by atoms with Gasteiger partial charge in [0.25, 0.3) is 0 Å². The molecule has 1 saturated heterocycles. The summed E-state index contributed by atoms with van der Waals surface area (Å²) < 4.78 is 30.9. The van der Waals surface area contributed by atoms with Crippen LogP contribution < -0.4 is 5.73 Å². The van der Waals surface area contributed by atoms with E-state index in [0.29, 0.717) is 0 Å². The number of nitrogen functional groups attached to an aromatic ring is 1. The topological polar surface area (TPSA) is 119 Å². The first kappa shape index (κ1) is 13.1. The van der Waals surface area contributed by atoms with Gasteiger partial charge in [0.1, 0.15) is 4.90 Å². The van der Waals surface area contributed by atoms with E-state index in [1.54, 1.807) is 0 Å². The minimum Gasteiger partial charge on any atom is -0.394 e. The van der Waals surface area contributed by atoms with Gasteiger partial charge in [-0.1, -0.05) is 0 Å². The Kier molecular flexibility index (Phi) is 3.76. The highest BCUT2D eigenvalue weighted by Crippen LogP contribution is 2.17. The predicted molar refractivity (Wildman–Crippen MR) is 62.0 cm³/mol. The zero-order valence-corrected chi connectivity index (χ0v) is 10.4. The molecule has 0 bridgehead atoms. The first-order valence-corrected chi connectivity index (χ1v) is 6.78. The van der Waals surface area contributed by atoms with Crippen LogP contribution >= 0.6 is 0 Å². The molecule has 1 aromatic rings. The van der Waals surface area contributed by atoms with Crippen molar-refractivity contribution in [1.82, 2.24) is 14.3 Å². The Hall–Kier alpha value is -1.29. The van der Waals surface area contributed by atoms with Gasteiger partial charge in [-0.15, -0.1) is 0 Å². The highest BCUT2D eigenvalue weighted by Gasteiger charge is 2.30. The van der Waals surface area contributed by atoms with Crippen LogP contribution in [0.1, 0.15) is 0 Å². The third-order valence-corrected chi connectivity index (χ3v) is 4.41. The second-order valence-corrected chi connectivity index (χ2v) is 5.75. The molecule has 2 rings (SSSR count). The normalized spacial score (nSPS) is 21.9. The molecular formula is C9H14N4O4S. The number of anilines is 1. The van der Waals surface area contributed by atoms with Crippen molar-refractivity contribution < 1.29 is 18.3 Å². The molecule has 1 fully saturated rings. The van der Waals surface area contributed by atoms with E-state index in [1.165, 1.54) is 16.7 Å². The molecule has 9 heteroatoms. The SMILES string of the molecule is Nc1ncc(S(=O)(=O)N2CCOC(CO)C2)cn1. The van der Waals surface area contributed by atoms with Crippen molar-refractivity contribution in [1.29, 1.82) is 0 Å². The summed E-state index contributed by atoms with van der Waals surface area (Å²) in [5.41, 5.74) is 5.31. The van der Waals surface area contributed by atoms with Crippen LogP contribution in [0.4, 0.5) is 5.95 Å². The number of hydrogen-bond acceptors (Lipinski definition) is 7. The van der Waals surface area contributed by atoms with Crippen LogP contribution in [-0.2, 0) is 14.8 Å². The van der Waals surface area contributed by atoms with E-state index in [4.69, 9.17) is 15.6 Å². The first-order chi connectivity index (χ1) is 8.54. The molecule has 18 heavy (non-hydrogen) atoms. The molecule has 1 atom stereocenters. The maximum absolute atomic E-state index is 12.2. The maximum Gasteiger partial charge on any atom is 0.246 e. The van der Waals surface area contributed by atoms with Gasteiger partial charge in [-0.3, -0.25) is 0 Å². The maximum atomic E-state index is 12.2. The molecule has 0 radical (unpaired) electrons. The van der Waals surface area contributed by atoms with Crippen LogP contribution in [0.3, 0.4) is 0 Å². The van der Waals surface area contributed by atoms with Gasteiger partial charge >= 0.3 is 0 Å². The van der Waals surface area contributed by atoms with Gasteiger partial charge in [0.2, 0.25) is 16.0 Å². The molecule has 1 aromatic heterocycles. The molecule has 0 aliphatic carbocycles. The van der Waals surface area contributed by atoms with Crippen LogP contribution in [0.2, 0.25) is 0 Å². The zero-order chi connectivity index (χ0) is 13.2. The summed E-state index contributed by atoms with van der Waals surface area (Å²) >= 11 is 0. The lowest BCUT2D eigenvalue weighted by atomic mass is 10.3. The quantitative estimate of drug-likeness (QED) is 0.684. The fraction of sp³-hybridized carbons (Fsp3) is 0.556. The molecule has 1 aliphatic heterocycles. The Morgan fingerprint density at radius 1 is 1.50 bits per heavy atom. The summed E-state index contributed by atoms with van der Waals surface area (Å²) in [6, 6.07) is 0. The molecule has 0 spiro atoms. The molecule has 1 aliphatic rings. The largest absolute Gasteiger partial charge is 0.394 e. The molecular weight excluding hydrogens is 260 g/mol. The van der Waals surface area contributed by atoms with Crippen LogP contribution in [0.15, 0.2) is 17.3 Å². The van der Waals surface area contributed by atoms with Crippen LogP contribution in [-0.4, -0.2) is 60.2 Å². The van der Waals surface area contributed by atoms with Crippen LogP contribution in [0.5, 0.6) is 0 Å². The van der Waals surface area contributed by atoms with Crippen LogP contribution in [0, 0.1) is 0 Å². The van der Waals surface area contributed by atoms with E-state index in [-0.39, 0.29) is 37.1 Å². The van der Waals surface area contributed by atoms with Crippen molar-refractivity contribution >= 4 is 16.0 Å². The summed E-state index contributed by atoms with van der Waals surface area (Å²) in [6.45, 7) is 0.386. The number of aromatic nitrogens is 2. The summed E-state index contributed by atoms with van der Waals surface area (Å²) in [7, 11) is -3.66. The molecule has 8 nitrogen and oxygen atoms in total. The fourth-order valence-electron chi connectivity index (χ4n) is 1.63. The fourth-order valence-corrected chi connectivity index (χ4v) is 2.98. The Morgan fingerprint density at radius 3 is 2.78 bits per heavy atom. The summed E-state index contributed by atoms with van der Waals surface area (Å²) in [5, 5.41) is 8.99. The van der Waals surface area contributed by atoms with Crippen molar-refractivity contribution in [2.45, 2.75) is 11.0 Å². The number of sulfonamides is 1. The van der Waals surface area contributed by atoms with Crippen molar-refractivity contribution in [3.05, 3.63) is 12.4 Å². The zero-order valence-electron chi connectivity index (χ0n) is 9.56. The monoisotopic (exact) mass is 274 g/mol. The lowest BCUT2D eigenvalue weighted by Crippen LogP contribution is -2.46. The van der Waals surface area contributed by atoms with Crippen LogP contribution in [0.25, 0.3) is 0 Å². The number of rotatable bonds is 3. The van der Waals surface area contributed by atoms with E-state index in [9.17, 15) is 8.42 Å². The molecule has 100 valence electrons. The van der Waals surface area contributed by atoms with Gasteiger partial charge < -0.3 is 15.6 Å². The van der Waals surface area contributed by atoms with Gasteiger partial charge in [0.15, 0.2) is 0 Å². The smallest absolute Gasteiger partial charge is 0.246 e. The Balaban J connectivity index is 2.22. The minimum absolute atomic E-state index is 0.0177. The number of nitrogens with zero attached hydrogens (tertiary/aromatic N) is 3. The highest BCUT2D eigenvalue weighted by molar-refractivity contribution is 7.89. The van der Waals surface area contributed by atoms with Gasteiger partial charge in [-0.25, -0.2) is 18.4 Å². The molecule has 0 amide bonds. The first-order valence-electron chi connectivity index (χ1n) is 5.34. The summed E-state index contributed by atoms with van der Waals surface area (Å²) in [5.74, 6) is 0.0177. The van der Waals surface area contributed by atoms with Crippen molar-refractivity contribution in [3.8, 4) is 0 Å². The average molecular weight is 274 g/mol. The number of hydrogen-bond donors (Lipinski definition) is 2. The van der Waals surface area contributed by atoms with E-state index in [1.807, 2.05) is 0 Å².